The molecule has 0 N–H and O–H groups in total. The van der Waals surface area contributed by atoms with Crippen LogP contribution in [0.1, 0.15) is 69.0 Å². The van der Waals surface area contributed by atoms with Gasteiger partial charge in [0.2, 0.25) is 0 Å². The summed E-state index contributed by atoms with van der Waals surface area (Å²) in [4.78, 5) is 10.4. The Balaban J connectivity index is 0.000000270. The maximum Gasteiger partial charge on any atom is 0.187 e. The molecule has 3 heteroatoms. The lowest BCUT2D eigenvalue weighted by Crippen LogP contribution is -1.85. The molecule has 0 saturated heterocycles. The highest BCUT2D eigenvalue weighted by molar-refractivity contribution is 5.71. The van der Waals surface area contributed by atoms with E-state index in [1.54, 1.807) is 0 Å². The Bertz CT molecular complexity index is 1980. The van der Waals surface area contributed by atoms with Gasteiger partial charge in [-0.1, -0.05) is 162 Å². The topological polar surface area (TPSA) is 13.1 Å². The Hall–Kier alpha value is -6.21. The minimum Gasteiger partial charge on any atom is -0.238 e. The first-order valence-corrected chi connectivity index (χ1v) is 17.4. The van der Waals surface area contributed by atoms with E-state index in [4.69, 9.17) is 19.7 Å². The molecular weight excluding hydrogens is 643 g/mol. The Labute approximate surface area is 320 Å². The number of aryl methyl sites for hydroxylation is 6. The van der Waals surface area contributed by atoms with Crippen LogP contribution in [-0.4, -0.2) is 0 Å². The zero-order valence-electron chi connectivity index (χ0n) is 30.6. The molecule has 0 heterocycles. The number of benzene rings is 6. The van der Waals surface area contributed by atoms with Crippen LogP contribution in [0.15, 0.2) is 127 Å². The van der Waals surface area contributed by atoms with Crippen molar-refractivity contribution in [2.75, 3.05) is 0 Å². The van der Waals surface area contributed by atoms with Gasteiger partial charge in [-0.15, -0.1) is 0 Å². The minimum atomic E-state index is 0. The van der Waals surface area contributed by atoms with Crippen LogP contribution in [0, 0.1) is 40.5 Å². The molecule has 0 spiro atoms. The fourth-order valence-electron chi connectivity index (χ4n) is 5.96. The van der Waals surface area contributed by atoms with Crippen LogP contribution in [0.5, 0.6) is 0 Å². The summed E-state index contributed by atoms with van der Waals surface area (Å²) in [6.07, 6.45) is 3.12. The van der Waals surface area contributed by atoms with Gasteiger partial charge in [-0.05, 0) is 108 Å². The molecule has 0 atom stereocenters. The highest BCUT2D eigenvalue weighted by Gasteiger charge is 2.04. The molecule has 0 amide bonds. The quantitative estimate of drug-likeness (QED) is 0.154. The maximum atomic E-state index is 7.05. The third kappa shape index (κ3) is 12.5. The van der Waals surface area contributed by atoms with Gasteiger partial charge in [0.25, 0.3) is 0 Å². The molecule has 6 rings (SSSR count). The van der Waals surface area contributed by atoms with Gasteiger partial charge in [0.1, 0.15) is 0 Å². The van der Waals surface area contributed by atoms with Crippen LogP contribution < -0.4 is 0 Å². The van der Waals surface area contributed by atoms with Crippen LogP contribution in [0.25, 0.3) is 47.9 Å². The van der Waals surface area contributed by atoms with Gasteiger partial charge in [0.05, 0.1) is 19.7 Å². The summed E-state index contributed by atoms with van der Waals surface area (Å²) in [7, 11) is 0. The van der Waals surface area contributed by atoms with Crippen LogP contribution in [0.2, 0.25) is 0 Å². The molecule has 0 aliphatic carbocycles. The van der Waals surface area contributed by atoms with Crippen molar-refractivity contribution in [2.24, 2.45) is 0 Å². The zero-order valence-corrected chi connectivity index (χ0v) is 30.6. The lowest BCUT2D eigenvalue weighted by Gasteiger charge is -2.07. The SMILES string of the molecule is C.C.[C-]#[N+]c1cccc(-c2cc(C)cc(CC)c2)c1.[C-]#[N+]c1cccc(-c2cc(C)cc(CC)c2)c1.[C-]#[N+]c1cccc(-c2cc(C)cc(CC)c2)c1. The fourth-order valence-corrected chi connectivity index (χ4v) is 5.96. The van der Waals surface area contributed by atoms with Gasteiger partial charge >= 0.3 is 0 Å². The fraction of sp³-hybridized carbons (Fsp3) is 0.220. The second-order valence-electron chi connectivity index (χ2n) is 12.7. The molecule has 53 heavy (non-hydrogen) atoms. The van der Waals surface area contributed by atoms with Crippen molar-refractivity contribution >= 4 is 17.1 Å². The van der Waals surface area contributed by atoms with E-state index >= 15 is 0 Å². The molecule has 0 unspecified atom stereocenters. The summed E-state index contributed by atoms with van der Waals surface area (Å²) in [5.41, 5.74) is 16.9. The summed E-state index contributed by atoms with van der Waals surface area (Å²) in [6, 6.07) is 43.1. The number of nitrogens with zero attached hydrogens (tertiary/aromatic N) is 3. The van der Waals surface area contributed by atoms with E-state index in [0.29, 0.717) is 17.1 Å². The molecule has 0 aliphatic rings. The third-order valence-electron chi connectivity index (χ3n) is 8.56. The van der Waals surface area contributed by atoms with Crippen molar-refractivity contribution in [2.45, 2.75) is 75.7 Å². The molecule has 268 valence electrons. The first-order chi connectivity index (χ1) is 24.7. The van der Waals surface area contributed by atoms with E-state index in [0.717, 1.165) is 36.0 Å². The molecule has 0 saturated carbocycles. The molecule has 6 aromatic rings. The third-order valence-corrected chi connectivity index (χ3v) is 8.56. The smallest absolute Gasteiger partial charge is 0.187 e. The zero-order chi connectivity index (χ0) is 36.8. The second kappa shape index (κ2) is 21.2. The average molecular weight is 696 g/mol. The summed E-state index contributed by atoms with van der Waals surface area (Å²) < 4.78 is 0. The molecular formula is C50H53N3. The molecule has 6 aromatic carbocycles. The molecule has 0 bridgehead atoms. The van der Waals surface area contributed by atoms with Gasteiger partial charge in [-0.3, -0.25) is 0 Å². The van der Waals surface area contributed by atoms with E-state index in [1.165, 1.54) is 50.1 Å². The summed E-state index contributed by atoms with van der Waals surface area (Å²) >= 11 is 0. The average Bonchev–Trinajstić information content (AvgIpc) is 3.17. The first-order valence-electron chi connectivity index (χ1n) is 17.4. The summed E-state index contributed by atoms with van der Waals surface area (Å²) in [6.45, 7) is 34.0. The maximum absolute atomic E-state index is 7.05. The lowest BCUT2D eigenvalue weighted by molar-refractivity contribution is 1.13. The van der Waals surface area contributed by atoms with E-state index in [-0.39, 0.29) is 14.9 Å². The highest BCUT2D eigenvalue weighted by Crippen LogP contribution is 2.29. The number of rotatable bonds is 6. The van der Waals surface area contributed by atoms with E-state index in [1.807, 2.05) is 54.6 Å². The lowest BCUT2D eigenvalue weighted by atomic mass is 9.99. The monoisotopic (exact) mass is 695 g/mol. The molecule has 3 nitrogen and oxygen atoms in total. The highest BCUT2D eigenvalue weighted by atomic mass is 14.6. The van der Waals surface area contributed by atoms with Gasteiger partial charge in [0, 0.05) is 0 Å². The Kier molecular flexibility index (Phi) is 17.2. The van der Waals surface area contributed by atoms with Crippen molar-refractivity contribution in [3.8, 4) is 33.4 Å². The molecule has 0 fully saturated rings. The molecule has 0 radical (unpaired) electrons. The van der Waals surface area contributed by atoms with Crippen molar-refractivity contribution in [3.63, 3.8) is 0 Å². The normalized spacial score (nSPS) is 9.57. The van der Waals surface area contributed by atoms with Crippen LogP contribution >= 0.6 is 0 Å². The second-order valence-corrected chi connectivity index (χ2v) is 12.7. The van der Waals surface area contributed by atoms with Crippen molar-refractivity contribution in [3.05, 3.63) is 195 Å². The standard InChI is InChI=1S/3C16H15N.2CH4/c3*1-4-13-8-12(2)9-15(10-13)14-6-5-7-16(11-14)17-3;;/h3*5-11H,4H2,1-2H3;2*1H4. The summed E-state index contributed by atoms with van der Waals surface area (Å²) in [5.74, 6) is 0. The van der Waals surface area contributed by atoms with E-state index < -0.39 is 0 Å². The number of hydrogen-bond donors (Lipinski definition) is 0. The van der Waals surface area contributed by atoms with Crippen molar-refractivity contribution in [1.29, 1.82) is 0 Å². The number of hydrogen-bond acceptors (Lipinski definition) is 0. The van der Waals surface area contributed by atoms with Crippen LogP contribution in [0.3, 0.4) is 0 Å². The van der Waals surface area contributed by atoms with Crippen molar-refractivity contribution in [1.82, 2.24) is 0 Å². The van der Waals surface area contributed by atoms with Gasteiger partial charge in [0.15, 0.2) is 17.1 Å². The predicted molar refractivity (Wildman–Crippen MR) is 230 cm³/mol. The molecule has 0 aliphatic heterocycles. The van der Waals surface area contributed by atoms with Gasteiger partial charge in [-0.2, -0.15) is 0 Å². The predicted octanol–water partition coefficient (Wildman–Crippen LogP) is 15.6. The Morgan fingerprint density at radius 2 is 0.623 bits per heavy atom. The minimum absolute atomic E-state index is 0. The van der Waals surface area contributed by atoms with E-state index in [9.17, 15) is 0 Å². The summed E-state index contributed by atoms with van der Waals surface area (Å²) in [5, 5.41) is 0. The first kappa shape index (κ1) is 43.0. The van der Waals surface area contributed by atoms with Crippen LogP contribution in [-0.2, 0) is 19.3 Å². The largest absolute Gasteiger partial charge is 0.238 e. The molecule has 0 aromatic heterocycles. The Morgan fingerprint density at radius 3 is 0.849 bits per heavy atom. The van der Waals surface area contributed by atoms with Crippen LogP contribution in [0.4, 0.5) is 17.1 Å². The van der Waals surface area contributed by atoms with Gasteiger partial charge < -0.3 is 0 Å². The van der Waals surface area contributed by atoms with Gasteiger partial charge in [-0.25, -0.2) is 14.5 Å². The Morgan fingerprint density at radius 1 is 0.358 bits per heavy atom. The van der Waals surface area contributed by atoms with Crippen molar-refractivity contribution < 1.29 is 0 Å². The van der Waals surface area contributed by atoms with E-state index in [2.05, 4.69) is 129 Å².